The van der Waals surface area contributed by atoms with Gasteiger partial charge in [0.25, 0.3) is 0 Å². The van der Waals surface area contributed by atoms with Crippen LogP contribution in [0.15, 0.2) is 12.1 Å². The van der Waals surface area contributed by atoms with E-state index in [-0.39, 0.29) is 0 Å². The molecule has 0 atom stereocenters. The van der Waals surface area contributed by atoms with E-state index in [1.807, 2.05) is 0 Å². The molecule has 2 heterocycles. The minimum Gasteiger partial charge on any atom is -0.477 e. The Morgan fingerprint density at radius 3 is 3.21 bits per heavy atom. The highest BCUT2D eigenvalue weighted by atomic mass is 16.5. The molecule has 14 heavy (non-hydrogen) atoms. The molecule has 0 spiro atoms. The van der Waals surface area contributed by atoms with E-state index in [0.717, 1.165) is 6.42 Å². The fourth-order valence-corrected chi connectivity index (χ4v) is 0.970. The predicted octanol–water partition coefficient (Wildman–Crippen LogP) is -0.753. The molecule has 0 amide bonds. The Hall–Kier alpha value is -1.76. The molecule has 0 aliphatic heterocycles. The molecule has 2 aromatic rings. The molecule has 0 aliphatic rings. The van der Waals surface area contributed by atoms with E-state index in [1.54, 1.807) is 12.1 Å². The molecular weight excluding hydrogens is 184 g/mol. The Bertz CT molecular complexity index is 413. The number of fused-ring (bicyclic) bond motifs is 1. The zero-order valence-corrected chi connectivity index (χ0v) is 7.50. The summed E-state index contributed by atoms with van der Waals surface area (Å²) in [5, 5.41) is 14.9. The van der Waals surface area contributed by atoms with Crippen LogP contribution >= 0.6 is 0 Å². The molecule has 0 aromatic carbocycles. The number of rotatable bonds is 4. The van der Waals surface area contributed by atoms with Crippen LogP contribution in [0.25, 0.3) is 5.65 Å². The van der Waals surface area contributed by atoms with E-state index in [4.69, 9.17) is 10.5 Å². The summed E-state index contributed by atoms with van der Waals surface area (Å²) >= 11 is 0. The normalized spacial score (nSPS) is 10.6. The van der Waals surface area contributed by atoms with Gasteiger partial charge in [-0.05, 0) is 29.5 Å². The molecule has 74 valence electrons. The van der Waals surface area contributed by atoms with Crippen LogP contribution in [-0.2, 0) is 0 Å². The lowest BCUT2D eigenvalue weighted by Crippen LogP contribution is -2.07. The monoisotopic (exact) mass is 194 g/mol. The van der Waals surface area contributed by atoms with Gasteiger partial charge in [-0.2, -0.15) is 0 Å². The SMILES string of the molecule is NCCCOc1ccc2nnnn2n1. The van der Waals surface area contributed by atoms with E-state index in [0.29, 0.717) is 24.7 Å². The van der Waals surface area contributed by atoms with Crippen molar-refractivity contribution < 1.29 is 4.74 Å². The fraction of sp³-hybridized carbons (Fsp3) is 0.429. The molecule has 0 unspecified atom stereocenters. The van der Waals surface area contributed by atoms with Crippen LogP contribution in [0, 0.1) is 0 Å². The van der Waals surface area contributed by atoms with E-state index >= 15 is 0 Å². The second kappa shape index (κ2) is 3.97. The van der Waals surface area contributed by atoms with Crippen LogP contribution in [0.4, 0.5) is 0 Å². The van der Waals surface area contributed by atoms with Crippen LogP contribution in [0.3, 0.4) is 0 Å². The van der Waals surface area contributed by atoms with E-state index in [9.17, 15) is 0 Å². The van der Waals surface area contributed by atoms with Crippen molar-refractivity contribution in [3.05, 3.63) is 12.1 Å². The van der Waals surface area contributed by atoms with Crippen LogP contribution in [0.5, 0.6) is 5.88 Å². The minimum absolute atomic E-state index is 0.498. The van der Waals surface area contributed by atoms with Gasteiger partial charge < -0.3 is 10.5 Å². The zero-order valence-electron chi connectivity index (χ0n) is 7.50. The first-order valence-electron chi connectivity index (χ1n) is 4.28. The van der Waals surface area contributed by atoms with E-state index in [1.165, 1.54) is 4.63 Å². The fourth-order valence-electron chi connectivity index (χ4n) is 0.970. The molecule has 2 N–H and O–H groups in total. The van der Waals surface area contributed by atoms with Gasteiger partial charge in [0.2, 0.25) is 5.88 Å². The van der Waals surface area contributed by atoms with Gasteiger partial charge in [-0.25, -0.2) is 0 Å². The predicted molar refractivity (Wildman–Crippen MR) is 47.7 cm³/mol. The number of hydrogen-bond acceptors (Lipinski definition) is 6. The summed E-state index contributed by atoms with van der Waals surface area (Å²) < 4.78 is 6.63. The maximum absolute atomic E-state index is 5.33. The summed E-state index contributed by atoms with van der Waals surface area (Å²) in [6, 6.07) is 3.47. The highest BCUT2D eigenvalue weighted by Crippen LogP contribution is 2.05. The molecule has 7 heteroatoms. The van der Waals surface area contributed by atoms with Gasteiger partial charge >= 0.3 is 0 Å². The third-order valence-electron chi connectivity index (χ3n) is 1.64. The van der Waals surface area contributed by atoms with Gasteiger partial charge in [-0.15, -0.1) is 14.8 Å². The Morgan fingerprint density at radius 2 is 2.36 bits per heavy atom. The quantitative estimate of drug-likeness (QED) is 0.644. The number of nitrogens with two attached hydrogens (primary N) is 1. The molecule has 0 bridgehead atoms. The summed E-state index contributed by atoms with van der Waals surface area (Å²) in [7, 11) is 0. The van der Waals surface area contributed by atoms with Crippen molar-refractivity contribution in [3.63, 3.8) is 0 Å². The Labute approximate surface area is 79.9 Å². The lowest BCUT2D eigenvalue weighted by Gasteiger charge is -2.02. The Balaban J connectivity index is 2.10. The van der Waals surface area contributed by atoms with Crippen molar-refractivity contribution in [1.29, 1.82) is 0 Å². The number of tetrazole rings is 1. The van der Waals surface area contributed by atoms with Crippen LogP contribution in [-0.4, -0.2) is 38.4 Å². The van der Waals surface area contributed by atoms with Crippen molar-refractivity contribution in [2.75, 3.05) is 13.2 Å². The first-order valence-corrected chi connectivity index (χ1v) is 4.28. The first kappa shape index (κ1) is 8.82. The van der Waals surface area contributed by atoms with E-state index in [2.05, 4.69) is 20.6 Å². The van der Waals surface area contributed by atoms with Crippen molar-refractivity contribution in [1.82, 2.24) is 25.3 Å². The zero-order chi connectivity index (χ0) is 9.80. The van der Waals surface area contributed by atoms with Gasteiger partial charge in [-0.1, -0.05) is 0 Å². The molecule has 0 radical (unpaired) electrons. The first-order chi connectivity index (χ1) is 6.90. The number of aromatic nitrogens is 5. The largest absolute Gasteiger partial charge is 0.477 e. The molecule has 2 aromatic heterocycles. The Kier molecular flexibility index (Phi) is 2.50. The highest BCUT2D eigenvalue weighted by Gasteiger charge is 2.00. The lowest BCUT2D eigenvalue weighted by atomic mass is 10.5. The number of ether oxygens (including phenoxy) is 1. The average Bonchev–Trinajstić information content (AvgIpc) is 2.65. The van der Waals surface area contributed by atoms with Crippen molar-refractivity contribution in [3.8, 4) is 5.88 Å². The van der Waals surface area contributed by atoms with E-state index < -0.39 is 0 Å². The highest BCUT2D eigenvalue weighted by molar-refractivity contribution is 5.34. The van der Waals surface area contributed by atoms with Gasteiger partial charge in [0.05, 0.1) is 6.61 Å². The topological polar surface area (TPSA) is 91.2 Å². The minimum atomic E-state index is 0.498. The van der Waals surface area contributed by atoms with Gasteiger partial charge in [0, 0.05) is 6.07 Å². The lowest BCUT2D eigenvalue weighted by molar-refractivity contribution is 0.295. The second-order valence-corrected chi connectivity index (χ2v) is 2.69. The molecule has 0 saturated carbocycles. The molecule has 0 saturated heterocycles. The molecule has 2 rings (SSSR count). The summed E-state index contributed by atoms with van der Waals surface area (Å²) in [6.07, 6.45) is 0.801. The molecule has 7 nitrogen and oxygen atoms in total. The molecule has 0 aliphatic carbocycles. The summed E-state index contributed by atoms with van der Waals surface area (Å²) in [4.78, 5) is 0. The maximum atomic E-state index is 5.33. The maximum Gasteiger partial charge on any atom is 0.233 e. The summed E-state index contributed by atoms with van der Waals surface area (Å²) in [5.74, 6) is 0.498. The molecular formula is C7H10N6O. The van der Waals surface area contributed by atoms with Crippen molar-refractivity contribution in [2.45, 2.75) is 6.42 Å². The van der Waals surface area contributed by atoms with Crippen LogP contribution < -0.4 is 10.5 Å². The number of nitrogens with zero attached hydrogens (tertiary/aromatic N) is 5. The van der Waals surface area contributed by atoms with Crippen molar-refractivity contribution in [2.24, 2.45) is 5.73 Å². The Morgan fingerprint density at radius 1 is 1.43 bits per heavy atom. The van der Waals surface area contributed by atoms with Gasteiger partial charge in [0.1, 0.15) is 0 Å². The van der Waals surface area contributed by atoms with Gasteiger partial charge in [0.15, 0.2) is 5.65 Å². The van der Waals surface area contributed by atoms with Crippen molar-refractivity contribution >= 4 is 5.65 Å². The summed E-state index contributed by atoms with van der Waals surface area (Å²) in [6.45, 7) is 1.16. The van der Waals surface area contributed by atoms with Crippen LogP contribution in [0.1, 0.15) is 6.42 Å². The number of hydrogen-bond donors (Lipinski definition) is 1. The smallest absolute Gasteiger partial charge is 0.233 e. The second-order valence-electron chi connectivity index (χ2n) is 2.69. The average molecular weight is 194 g/mol. The standard InChI is InChI=1S/C7H10N6O/c8-4-1-5-14-7-3-2-6-9-11-12-13(6)10-7/h2-3H,1,4-5,8H2. The summed E-state index contributed by atoms with van der Waals surface area (Å²) in [5.41, 5.74) is 5.92. The third kappa shape index (κ3) is 1.77. The third-order valence-corrected chi connectivity index (χ3v) is 1.64. The van der Waals surface area contributed by atoms with Crippen LogP contribution in [0.2, 0.25) is 0 Å². The van der Waals surface area contributed by atoms with Gasteiger partial charge in [-0.3, -0.25) is 0 Å². The molecule has 0 fully saturated rings.